The van der Waals surface area contributed by atoms with Gasteiger partial charge in [-0.05, 0) is 12.1 Å². The number of hydrogen-bond donors (Lipinski definition) is 1. The topological polar surface area (TPSA) is 125 Å². The largest absolute Gasteiger partial charge is 0.477 e. The minimum Gasteiger partial charge on any atom is -0.477 e. The number of benzene rings is 2. The lowest BCUT2D eigenvalue weighted by Crippen LogP contribution is -2.20. The number of anilines is 1. The highest BCUT2D eigenvalue weighted by Gasteiger charge is 2.15. The van der Waals surface area contributed by atoms with E-state index in [0.717, 1.165) is 0 Å². The maximum absolute atomic E-state index is 11.8. The van der Waals surface area contributed by atoms with Gasteiger partial charge in [-0.1, -0.05) is 18.2 Å². The molecule has 2 rings (SSSR count). The smallest absolute Gasteiger partial charge is 0.310 e. The molecule has 2 aromatic carbocycles. The van der Waals surface area contributed by atoms with Gasteiger partial charge >= 0.3 is 5.69 Å². The summed E-state index contributed by atoms with van der Waals surface area (Å²) in [5.41, 5.74) is -0.187. The fourth-order valence-electron chi connectivity index (χ4n) is 1.77. The summed E-state index contributed by atoms with van der Waals surface area (Å²) in [6.07, 6.45) is 0. The second-order valence-corrected chi connectivity index (χ2v) is 4.37. The first-order valence-electron chi connectivity index (χ1n) is 6.38. The predicted molar refractivity (Wildman–Crippen MR) is 80.3 cm³/mol. The molecule has 0 bridgehead atoms. The third-order valence-electron chi connectivity index (χ3n) is 2.76. The molecule has 23 heavy (non-hydrogen) atoms. The Morgan fingerprint density at radius 2 is 1.78 bits per heavy atom. The Morgan fingerprint density at radius 1 is 1.04 bits per heavy atom. The Kier molecular flexibility index (Phi) is 4.82. The number of nitrogens with zero attached hydrogens (tertiary/aromatic N) is 2. The molecule has 0 radical (unpaired) electrons. The molecule has 118 valence electrons. The van der Waals surface area contributed by atoms with Crippen molar-refractivity contribution in [1.82, 2.24) is 0 Å². The quantitative estimate of drug-likeness (QED) is 0.644. The van der Waals surface area contributed by atoms with Crippen molar-refractivity contribution in [2.75, 3.05) is 11.9 Å². The van der Waals surface area contributed by atoms with E-state index in [1.807, 2.05) is 0 Å². The van der Waals surface area contributed by atoms with Gasteiger partial charge in [-0.15, -0.1) is 0 Å². The zero-order chi connectivity index (χ0) is 16.8. The molecule has 0 heterocycles. The van der Waals surface area contributed by atoms with E-state index < -0.39 is 22.4 Å². The molecule has 9 heteroatoms. The second kappa shape index (κ2) is 6.98. The average Bonchev–Trinajstić information content (AvgIpc) is 2.53. The van der Waals surface area contributed by atoms with E-state index in [1.165, 1.54) is 42.5 Å². The van der Waals surface area contributed by atoms with E-state index in [2.05, 4.69) is 5.32 Å². The monoisotopic (exact) mass is 317 g/mol. The molecule has 2 aromatic rings. The number of carbonyl (C=O) groups is 1. The standard InChI is InChI=1S/C14H11N3O6/c18-14(15-10-4-3-5-11(8-10)16(19)20)9-23-13-7-2-1-6-12(13)17(21)22/h1-8H,9H2,(H,15,18). The molecule has 0 saturated heterocycles. The van der Waals surface area contributed by atoms with E-state index in [4.69, 9.17) is 4.74 Å². The number of nitro groups is 2. The molecule has 0 aliphatic rings. The molecule has 0 atom stereocenters. The van der Waals surface area contributed by atoms with Crippen molar-refractivity contribution in [3.8, 4) is 5.75 Å². The van der Waals surface area contributed by atoms with Gasteiger partial charge in [0, 0.05) is 23.9 Å². The zero-order valence-electron chi connectivity index (χ0n) is 11.7. The van der Waals surface area contributed by atoms with Crippen molar-refractivity contribution in [3.05, 3.63) is 68.8 Å². The molecule has 0 saturated carbocycles. The van der Waals surface area contributed by atoms with Gasteiger partial charge in [0.2, 0.25) is 0 Å². The summed E-state index contributed by atoms with van der Waals surface area (Å²) < 4.78 is 5.12. The van der Waals surface area contributed by atoms with Crippen LogP contribution in [0.15, 0.2) is 48.5 Å². The highest BCUT2D eigenvalue weighted by atomic mass is 16.6. The molecule has 0 aliphatic carbocycles. The Balaban J connectivity index is 2.00. The highest BCUT2D eigenvalue weighted by Crippen LogP contribution is 2.25. The molecule has 0 unspecified atom stereocenters. The lowest BCUT2D eigenvalue weighted by Gasteiger charge is -2.07. The van der Waals surface area contributed by atoms with Crippen LogP contribution in [0.2, 0.25) is 0 Å². The number of ether oxygens (including phenoxy) is 1. The maximum Gasteiger partial charge on any atom is 0.310 e. The average molecular weight is 317 g/mol. The number of amides is 1. The van der Waals surface area contributed by atoms with Crippen LogP contribution in [0.1, 0.15) is 0 Å². The van der Waals surface area contributed by atoms with Crippen LogP contribution in [0.4, 0.5) is 17.1 Å². The third-order valence-corrected chi connectivity index (χ3v) is 2.76. The van der Waals surface area contributed by atoms with Crippen LogP contribution in [0.5, 0.6) is 5.75 Å². The Bertz CT molecular complexity index is 762. The van der Waals surface area contributed by atoms with Crippen molar-refractivity contribution in [3.63, 3.8) is 0 Å². The first kappa shape index (κ1) is 15.9. The van der Waals surface area contributed by atoms with Gasteiger partial charge in [-0.2, -0.15) is 0 Å². The molecule has 0 aliphatic heterocycles. The first-order valence-corrected chi connectivity index (χ1v) is 6.38. The molecular weight excluding hydrogens is 306 g/mol. The van der Waals surface area contributed by atoms with Crippen LogP contribution in [0.3, 0.4) is 0 Å². The van der Waals surface area contributed by atoms with Crippen LogP contribution in [0.25, 0.3) is 0 Å². The van der Waals surface area contributed by atoms with Crippen molar-refractivity contribution in [2.24, 2.45) is 0 Å². The number of non-ortho nitro benzene ring substituents is 1. The van der Waals surface area contributed by atoms with E-state index in [-0.39, 0.29) is 22.8 Å². The lowest BCUT2D eigenvalue weighted by atomic mass is 10.3. The molecule has 9 nitrogen and oxygen atoms in total. The number of hydrogen-bond acceptors (Lipinski definition) is 6. The summed E-state index contributed by atoms with van der Waals surface area (Å²) in [7, 11) is 0. The van der Waals surface area contributed by atoms with Gasteiger partial charge in [0.15, 0.2) is 12.4 Å². The van der Waals surface area contributed by atoms with Gasteiger partial charge in [0.25, 0.3) is 11.6 Å². The van der Waals surface area contributed by atoms with Crippen molar-refractivity contribution >= 4 is 23.0 Å². The van der Waals surface area contributed by atoms with E-state index in [9.17, 15) is 25.0 Å². The van der Waals surface area contributed by atoms with E-state index in [1.54, 1.807) is 6.07 Å². The Labute approximate surface area is 129 Å². The molecule has 1 amide bonds. The first-order chi connectivity index (χ1) is 11.0. The van der Waals surface area contributed by atoms with Crippen LogP contribution in [-0.2, 0) is 4.79 Å². The minimum absolute atomic E-state index is 0.0355. The molecule has 0 aromatic heterocycles. The van der Waals surface area contributed by atoms with Gasteiger partial charge in [0.1, 0.15) is 0 Å². The summed E-state index contributed by atoms with van der Waals surface area (Å²) in [6.45, 7) is -0.465. The van der Waals surface area contributed by atoms with Crippen molar-refractivity contribution in [2.45, 2.75) is 0 Å². The van der Waals surface area contributed by atoms with Crippen LogP contribution in [-0.4, -0.2) is 22.4 Å². The van der Waals surface area contributed by atoms with Gasteiger partial charge < -0.3 is 10.1 Å². The summed E-state index contributed by atoms with van der Waals surface area (Å²) in [5.74, 6) is -0.629. The fraction of sp³-hybridized carbons (Fsp3) is 0.0714. The predicted octanol–water partition coefficient (Wildman–Crippen LogP) is 2.52. The number of carbonyl (C=O) groups excluding carboxylic acids is 1. The molecular formula is C14H11N3O6. The van der Waals surface area contributed by atoms with Crippen LogP contribution >= 0.6 is 0 Å². The van der Waals surface area contributed by atoms with Crippen LogP contribution in [0, 0.1) is 20.2 Å². The molecule has 0 fully saturated rings. The van der Waals surface area contributed by atoms with Crippen molar-refractivity contribution < 1.29 is 19.4 Å². The number of nitro benzene ring substituents is 2. The number of para-hydroxylation sites is 2. The maximum atomic E-state index is 11.8. The summed E-state index contributed by atoms with van der Waals surface area (Å²) in [5, 5.41) is 23.9. The Morgan fingerprint density at radius 3 is 2.48 bits per heavy atom. The van der Waals surface area contributed by atoms with Gasteiger partial charge in [-0.3, -0.25) is 25.0 Å². The van der Waals surface area contributed by atoms with Gasteiger partial charge in [0.05, 0.1) is 9.85 Å². The zero-order valence-corrected chi connectivity index (χ0v) is 11.7. The van der Waals surface area contributed by atoms with Crippen molar-refractivity contribution in [1.29, 1.82) is 0 Å². The highest BCUT2D eigenvalue weighted by molar-refractivity contribution is 5.92. The second-order valence-electron chi connectivity index (χ2n) is 4.37. The van der Waals surface area contributed by atoms with Crippen LogP contribution < -0.4 is 10.1 Å². The minimum atomic E-state index is -0.617. The summed E-state index contributed by atoms with van der Waals surface area (Å²) in [6, 6.07) is 11.1. The normalized spacial score (nSPS) is 9.91. The SMILES string of the molecule is O=C(COc1ccccc1[N+](=O)[O-])Nc1cccc([N+](=O)[O-])c1. The number of rotatable bonds is 6. The summed E-state index contributed by atoms with van der Waals surface area (Å²) >= 11 is 0. The van der Waals surface area contributed by atoms with Gasteiger partial charge in [-0.25, -0.2) is 0 Å². The van der Waals surface area contributed by atoms with E-state index >= 15 is 0 Å². The third kappa shape index (κ3) is 4.24. The Hall–Kier alpha value is -3.49. The lowest BCUT2D eigenvalue weighted by molar-refractivity contribution is -0.385. The summed E-state index contributed by atoms with van der Waals surface area (Å²) in [4.78, 5) is 32.0. The molecule has 0 spiro atoms. The molecule has 1 N–H and O–H groups in total. The van der Waals surface area contributed by atoms with E-state index in [0.29, 0.717) is 0 Å². The number of nitrogens with one attached hydrogen (secondary N) is 1. The fourth-order valence-corrected chi connectivity index (χ4v) is 1.77.